The molecule has 0 radical (unpaired) electrons. The van der Waals surface area contributed by atoms with Gasteiger partial charge in [-0.15, -0.1) is 0 Å². The van der Waals surface area contributed by atoms with Crippen molar-refractivity contribution in [1.29, 1.82) is 0 Å². The van der Waals surface area contributed by atoms with Crippen molar-refractivity contribution in [2.75, 3.05) is 51.7 Å². The minimum absolute atomic E-state index is 1.07. The van der Waals surface area contributed by atoms with Crippen LogP contribution in [0.15, 0.2) is 54.6 Å². The number of benzene rings is 2. The van der Waals surface area contributed by atoms with E-state index in [1.54, 1.807) is 0 Å². The summed E-state index contributed by atoms with van der Waals surface area (Å²) in [4.78, 5) is 7.41. The van der Waals surface area contributed by atoms with Crippen LogP contribution in [0.5, 0.6) is 0 Å². The number of nitrogens with zero attached hydrogens (tertiary/aromatic N) is 3. The van der Waals surface area contributed by atoms with E-state index in [2.05, 4.69) is 83.4 Å². The van der Waals surface area contributed by atoms with Crippen LogP contribution in [-0.4, -0.2) is 56.6 Å². The van der Waals surface area contributed by atoms with Crippen LogP contribution in [0.1, 0.15) is 17.5 Å². The van der Waals surface area contributed by atoms with Crippen molar-refractivity contribution in [3.63, 3.8) is 0 Å². The van der Waals surface area contributed by atoms with Gasteiger partial charge in [-0.2, -0.15) is 0 Å². The summed E-state index contributed by atoms with van der Waals surface area (Å²) in [5, 5.41) is 0. The van der Waals surface area contributed by atoms with Crippen LogP contribution in [0.4, 0.5) is 5.69 Å². The van der Waals surface area contributed by atoms with Crippen LogP contribution in [0.3, 0.4) is 0 Å². The SMILES string of the molecule is CN(C)CCCc1ccccc1N1CCN(Cc2ccccc2)CC1. The van der Waals surface area contributed by atoms with Crippen LogP contribution < -0.4 is 4.90 Å². The van der Waals surface area contributed by atoms with Gasteiger partial charge in [0, 0.05) is 38.4 Å². The lowest BCUT2D eigenvalue weighted by atomic mass is 10.1. The number of rotatable bonds is 7. The monoisotopic (exact) mass is 337 g/mol. The standard InChI is InChI=1S/C22H31N3/c1-23(2)14-8-12-21-11-6-7-13-22(21)25-17-15-24(16-18-25)19-20-9-4-3-5-10-20/h3-7,9-11,13H,8,12,14-19H2,1-2H3. The maximum atomic E-state index is 2.58. The van der Waals surface area contributed by atoms with Gasteiger partial charge in [0.25, 0.3) is 0 Å². The van der Waals surface area contributed by atoms with Crippen molar-refractivity contribution in [2.24, 2.45) is 0 Å². The molecule has 1 aliphatic rings. The molecule has 1 aliphatic heterocycles. The molecule has 1 heterocycles. The molecule has 0 saturated carbocycles. The van der Waals surface area contributed by atoms with E-state index in [4.69, 9.17) is 0 Å². The average molecular weight is 338 g/mol. The van der Waals surface area contributed by atoms with Gasteiger partial charge in [-0.1, -0.05) is 48.5 Å². The predicted octanol–water partition coefficient (Wildman–Crippen LogP) is 3.50. The number of para-hydroxylation sites is 1. The molecule has 2 aromatic rings. The number of aryl methyl sites for hydroxylation is 1. The molecule has 0 N–H and O–H groups in total. The molecule has 0 spiro atoms. The molecule has 0 unspecified atom stereocenters. The molecule has 2 aromatic carbocycles. The minimum atomic E-state index is 1.07. The summed E-state index contributed by atoms with van der Waals surface area (Å²) in [6.07, 6.45) is 2.39. The molecule has 0 atom stereocenters. The molecule has 1 saturated heterocycles. The summed E-state index contributed by atoms with van der Waals surface area (Å²) in [7, 11) is 4.30. The van der Waals surface area contributed by atoms with Gasteiger partial charge < -0.3 is 9.80 Å². The van der Waals surface area contributed by atoms with Gasteiger partial charge in [0.1, 0.15) is 0 Å². The zero-order valence-electron chi connectivity index (χ0n) is 15.7. The number of hydrogen-bond acceptors (Lipinski definition) is 3. The van der Waals surface area contributed by atoms with Gasteiger partial charge in [-0.05, 0) is 50.7 Å². The maximum absolute atomic E-state index is 2.58. The third-order valence-corrected chi connectivity index (χ3v) is 5.01. The quantitative estimate of drug-likeness (QED) is 0.765. The summed E-state index contributed by atoms with van der Waals surface area (Å²) in [6.45, 7) is 6.75. The molecule has 0 bridgehead atoms. The first-order chi connectivity index (χ1) is 12.2. The summed E-state index contributed by atoms with van der Waals surface area (Å²) in [6, 6.07) is 19.8. The highest BCUT2D eigenvalue weighted by Gasteiger charge is 2.19. The van der Waals surface area contributed by atoms with E-state index in [1.807, 2.05) is 0 Å². The smallest absolute Gasteiger partial charge is 0.0399 e. The Morgan fingerprint density at radius 1 is 0.840 bits per heavy atom. The highest BCUT2D eigenvalue weighted by molar-refractivity contribution is 5.54. The molecule has 3 nitrogen and oxygen atoms in total. The Hall–Kier alpha value is -1.84. The zero-order valence-corrected chi connectivity index (χ0v) is 15.7. The topological polar surface area (TPSA) is 9.72 Å². The molecule has 3 rings (SSSR count). The Balaban J connectivity index is 1.55. The second-order valence-corrected chi connectivity index (χ2v) is 7.28. The van der Waals surface area contributed by atoms with Crippen molar-refractivity contribution >= 4 is 5.69 Å². The van der Waals surface area contributed by atoms with Gasteiger partial charge in [-0.3, -0.25) is 4.90 Å². The number of hydrogen-bond donors (Lipinski definition) is 0. The van der Waals surface area contributed by atoms with Gasteiger partial charge in [-0.25, -0.2) is 0 Å². The largest absolute Gasteiger partial charge is 0.369 e. The van der Waals surface area contributed by atoms with Crippen molar-refractivity contribution in [3.8, 4) is 0 Å². The molecular weight excluding hydrogens is 306 g/mol. The zero-order chi connectivity index (χ0) is 17.5. The van der Waals surface area contributed by atoms with Crippen LogP contribution in [-0.2, 0) is 13.0 Å². The molecule has 3 heteroatoms. The third-order valence-electron chi connectivity index (χ3n) is 5.01. The molecule has 1 fully saturated rings. The fourth-order valence-corrected chi connectivity index (χ4v) is 3.60. The molecule has 0 aromatic heterocycles. The van der Waals surface area contributed by atoms with E-state index in [1.165, 1.54) is 29.7 Å². The van der Waals surface area contributed by atoms with Crippen molar-refractivity contribution < 1.29 is 0 Å². The molecule has 25 heavy (non-hydrogen) atoms. The lowest BCUT2D eigenvalue weighted by Gasteiger charge is -2.37. The van der Waals surface area contributed by atoms with Crippen LogP contribution >= 0.6 is 0 Å². The second kappa shape index (κ2) is 9.02. The molecule has 134 valence electrons. The van der Waals surface area contributed by atoms with E-state index in [-0.39, 0.29) is 0 Å². The lowest BCUT2D eigenvalue weighted by molar-refractivity contribution is 0.249. The van der Waals surface area contributed by atoms with E-state index in [0.717, 1.165) is 39.3 Å². The molecule has 0 amide bonds. The predicted molar refractivity (Wildman–Crippen MR) is 107 cm³/mol. The third kappa shape index (κ3) is 5.32. The van der Waals surface area contributed by atoms with Crippen molar-refractivity contribution in [2.45, 2.75) is 19.4 Å². The van der Waals surface area contributed by atoms with Gasteiger partial charge in [0.2, 0.25) is 0 Å². The first-order valence-corrected chi connectivity index (χ1v) is 9.46. The highest BCUT2D eigenvalue weighted by atomic mass is 15.3. The van der Waals surface area contributed by atoms with Gasteiger partial charge in [0.05, 0.1) is 0 Å². The van der Waals surface area contributed by atoms with E-state index < -0.39 is 0 Å². The highest BCUT2D eigenvalue weighted by Crippen LogP contribution is 2.23. The minimum Gasteiger partial charge on any atom is -0.369 e. The Morgan fingerprint density at radius 3 is 2.24 bits per heavy atom. The Morgan fingerprint density at radius 2 is 1.52 bits per heavy atom. The van der Waals surface area contributed by atoms with E-state index in [0.29, 0.717) is 0 Å². The first-order valence-electron chi connectivity index (χ1n) is 9.46. The summed E-state index contributed by atoms with van der Waals surface area (Å²) < 4.78 is 0. The van der Waals surface area contributed by atoms with Crippen LogP contribution in [0.2, 0.25) is 0 Å². The maximum Gasteiger partial charge on any atom is 0.0399 e. The van der Waals surface area contributed by atoms with Crippen molar-refractivity contribution in [1.82, 2.24) is 9.80 Å². The van der Waals surface area contributed by atoms with Gasteiger partial charge in [0.15, 0.2) is 0 Å². The van der Waals surface area contributed by atoms with Crippen LogP contribution in [0, 0.1) is 0 Å². The fraction of sp³-hybridized carbons (Fsp3) is 0.455. The van der Waals surface area contributed by atoms with Crippen molar-refractivity contribution in [3.05, 3.63) is 65.7 Å². The average Bonchev–Trinajstić information content (AvgIpc) is 2.63. The molecular formula is C22H31N3. The van der Waals surface area contributed by atoms with Gasteiger partial charge >= 0.3 is 0 Å². The van der Waals surface area contributed by atoms with E-state index >= 15 is 0 Å². The van der Waals surface area contributed by atoms with E-state index in [9.17, 15) is 0 Å². The normalized spacial score (nSPS) is 15.7. The fourth-order valence-electron chi connectivity index (χ4n) is 3.60. The second-order valence-electron chi connectivity index (χ2n) is 7.28. The number of anilines is 1. The Kier molecular flexibility index (Phi) is 6.48. The lowest BCUT2D eigenvalue weighted by Crippen LogP contribution is -2.46. The Labute approximate surface area is 152 Å². The van der Waals surface area contributed by atoms with Crippen LogP contribution in [0.25, 0.3) is 0 Å². The summed E-state index contributed by atoms with van der Waals surface area (Å²) in [5.41, 5.74) is 4.36. The molecule has 0 aliphatic carbocycles. The number of piperazine rings is 1. The summed E-state index contributed by atoms with van der Waals surface area (Å²) >= 11 is 0. The summed E-state index contributed by atoms with van der Waals surface area (Å²) in [5.74, 6) is 0. The first kappa shape index (κ1) is 18.0. The Bertz CT molecular complexity index is 631.